The molecular formula is C35H42F3N5OSi. The molecule has 0 saturated carbocycles. The molecule has 0 fully saturated rings. The molecule has 45 heavy (non-hydrogen) atoms. The Morgan fingerprint density at radius 1 is 0.933 bits per heavy atom. The van der Waals surface area contributed by atoms with E-state index in [4.69, 9.17) is 14.4 Å². The van der Waals surface area contributed by atoms with Crippen molar-refractivity contribution in [1.29, 1.82) is 0 Å². The lowest BCUT2D eigenvalue weighted by atomic mass is 9.97. The van der Waals surface area contributed by atoms with Crippen LogP contribution in [0.2, 0.25) is 18.1 Å². The highest BCUT2D eigenvalue weighted by Crippen LogP contribution is 2.37. The molecule has 10 heteroatoms. The summed E-state index contributed by atoms with van der Waals surface area (Å²) in [5.74, 6) is 1.28. The van der Waals surface area contributed by atoms with Gasteiger partial charge < -0.3 is 13.6 Å². The zero-order chi connectivity index (χ0) is 32.7. The van der Waals surface area contributed by atoms with Gasteiger partial charge >= 0.3 is 6.18 Å². The van der Waals surface area contributed by atoms with Crippen LogP contribution in [0.5, 0.6) is 0 Å². The van der Waals surface area contributed by atoms with Gasteiger partial charge in [-0.15, -0.1) is 0 Å². The first-order chi connectivity index (χ1) is 21.0. The minimum absolute atomic E-state index is 0.119. The van der Waals surface area contributed by atoms with Gasteiger partial charge in [0.2, 0.25) is 0 Å². The molecule has 0 N–H and O–H groups in total. The van der Waals surface area contributed by atoms with E-state index in [0.29, 0.717) is 36.9 Å². The van der Waals surface area contributed by atoms with Gasteiger partial charge in [-0.1, -0.05) is 83.1 Å². The van der Waals surface area contributed by atoms with E-state index in [0.717, 1.165) is 33.9 Å². The number of aryl methyl sites for hydroxylation is 1. The Morgan fingerprint density at radius 3 is 2.24 bits per heavy atom. The van der Waals surface area contributed by atoms with Crippen LogP contribution in [0.4, 0.5) is 13.2 Å². The molecule has 0 atom stereocenters. The van der Waals surface area contributed by atoms with Gasteiger partial charge in [0.1, 0.15) is 5.82 Å². The van der Waals surface area contributed by atoms with E-state index in [1.165, 1.54) is 10.1 Å². The number of benzene rings is 2. The summed E-state index contributed by atoms with van der Waals surface area (Å²) in [5, 5.41) is 0.119. The highest BCUT2D eigenvalue weighted by atomic mass is 28.4. The Kier molecular flexibility index (Phi) is 8.85. The minimum Gasteiger partial charge on any atom is -0.415 e. The summed E-state index contributed by atoms with van der Waals surface area (Å²) in [4.78, 5) is 13.8. The molecule has 6 nitrogen and oxygen atoms in total. The lowest BCUT2D eigenvalue weighted by Crippen LogP contribution is -2.41. The summed E-state index contributed by atoms with van der Waals surface area (Å²) in [7, 11) is -0.338. The molecule has 0 aliphatic rings. The Hall–Kier alpha value is -3.76. The van der Waals surface area contributed by atoms with Crippen LogP contribution in [0.15, 0.2) is 67.1 Å². The number of alkyl halides is 3. The summed E-state index contributed by atoms with van der Waals surface area (Å²) in [6, 6.07) is 15.8. The zero-order valence-electron chi connectivity index (χ0n) is 27.3. The predicted octanol–water partition coefficient (Wildman–Crippen LogP) is 9.25. The standard InChI is InChI=1S/C35H42F3N5OSi/c1-23(2)27-11-9-10-12-28(27)32-39-20-29-31(41-32)26(21-43(29)17-18-44-45(7,8)34(3,4)5)19-24-13-15-25(16-14-24)33-40-30(22-42(33)6)35(36,37)38/h9-16,20-23H,17-19H2,1-8H3. The van der Waals surface area contributed by atoms with Crippen molar-refractivity contribution in [2.75, 3.05) is 6.61 Å². The van der Waals surface area contributed by atoms with E-state index >= 15 is 0 Å². The average molecular weight is 634 g/mol. The minimum atomic E-state index is -4.49. The van der Waals surface area contributed by atoms with Crippen LogP contribution >= 0.6 is 0 Å². The highest BCUT2D eigenvalue weighted by molar-refractivity contribution is 6.74. The zero-order valence-corrected chi connectivity index (χ0v) is 28.3. The van der Waals surface area contributed by atoms with Gasteiger partial charge in [-0.05, 0) is 35.2 Å². The first kappa shape index (κ1) is 32.6. The number of nitrogens with zero attached hydrogens (tertiary/aromatic N) is 5. The summed E-state index contributed by atoms with van der Waals surface area (Å²) in [6.07, 6.45) is 1.17. The number of hydrogen-bond donors (Lipinski definition) is 0. The summed E-state index contributed by atoms with van der Waals surface area (Å²) < 4.78 is 49.8. The van der Waals surface area contributed by atoms with Crippen molar-refractivity contribution in [3.63, 3.8) is 0 Å². The van der Waals surface area contributed by atoms with Crippen molar-refractivity contribution in [3.8, 4) is 22.8 Å². The van der Waals surface area contributed by atoms with Gasteiger partial charge in [-0.3, -0.25) is 0 Å². The SMILES string of the molecule is CC(C)c1ccccc1-c1ncc2c(n1)c(Cc1ccc(-c3nc(C(F)(F)F)cn3C)cc1)cn2CCO[Si](C)(C)C(C)(C)C. The van der Waals surface area contributed by atoms with Crippen molar-refractivity contribution in [1.82, 2.24) is 24.1 Å². The van der Waals surface area contributed by atoms with Crippen molar-refractivity contribution in [2.45, 2.75) is 77.8 Å². The Labute approximate surface area is 264 Å². The van der Waals surface area contributed by atoms with Crippen LogP contribution in [0.25, 0.3) is 33.8 Å². The van der Waals surface area contributed by atoms with E-state index in [9.17, 15) is 13.2 Å². The third kappa shape index (κ3) is 6.91. The maximum Gasteiger partial charge on any atom is 0.434 e. The molecule has 5 aromatic rings. The average Bonchev–Trinajstić information content (AvgIpc) is 3.53. The Morgan fingerprint density at radius 2 is 1.62 bits per heavy atom. The molecule has 0 aliphatic heterocycles. The lowest BCUT2D eigenvalue weighted by molar-refractivity contribution is -0.140. The van der Waals surface area contributed by atoms with E-state index in [-0.39, 0.29) is 10.9 Å². The topological polar surface area (TPSA) is 57.8 Å². The molecule has 3 aromatic heterocycles. The summed E-state index contributed by atoms with van der Waals surface area (Å²) >= 11 is 0. The van der Waals surface area contributed by atoms with Crippen LogP contribution in [0, 0.1) is 0 Å². The quantitative estimate of drug-likeness (QED) is 0.152. The molecule has 0 bridgehead atoms. The maximum atomic E-state index is 13.2. The van der Waals surface area contributed by atoms with Crippen molar-refractivity contribution in [2.24, 2.45) is 7.05 Å². The predicted molar refractivity (Wildman–Crippen MR) is 177 cm³/mol. The Balaban J connectivity index is 1.49. The van der Waals surface area contributed by atoms with Crippen LogP contribution in [-0.2, 0) is 30.6 Å². The van der Waals surface area contributed by atoms with Gasteiger partial charge in [-0.25, -0.2) is 15.0 Å². The molecule has 0 amide bonds. The van der Waals surface area contributed by atoms with E-state index in [2.05, 4.69) is 75.6 Å². The van der Waals surface area contributed by atoms with Crippen molar-refractivity contribution >= 4 is 19.4 Å². The molecule has 0 aliphatic carbocycles. The Bertz CT molecular complexity index is 1800. The fourth-order valence-corrected chi connectivity index (χ4v) is 6.30. The number of hydrogen-bond acceptors (Lipinski definition) is 4. The second kappa shape index (κ2) is 12.2. The van der Waals surface area contributed by atoms with Crippen LogP contribution in [-0.4, -0.2) is 39.0 Å². The smallest absolute Gasteiger partial charge is 0.415 e. The number of imidazole rings is 1. The normalized spacial score (nSPS) is 12.9. The number of aromatic nitrogens is 5. The van der Waals surface area contributed by atoms with E-state index in [1.54, 1.807) is 7.05 Å². The fourth-order valence-electron chi connectivity index (χ4n) is 5.27. The van der Waals surface area contributed by atoms with Gasteiger partial charge in [0, 0.05) is 49.1 Å². The fraction of sp³-hybridized carbons (Fsp3) is 0.400. The van der Waals surface area contributed by atoms with Crippen LogP contribution in [0.3, 0.4) is 0 Å². The third-order valence-corrected chi connectivity index (χ3v) is 13.4. The molecule has 0 unspecified atom stereocenters. The third-order valence-electron chi connectivity index (χ3n) is 8.89. The van der Waals surface area contributed by atoms with Gasteiger partial charge in [0.05, 0.1) is 23.8 Å². The van der Waals surface area contributed by atoms with Crippen LogP contribution < -0.4 is 0 Å². The first-order valence-electron chi connectivity index (χ1n) is 15.3. The van der Waals surface area contributed by atoms with Gasteiger partial charge in [0.15, 0.2) is 19.8 Å². The molecule has 5 rings (SSSR count). The number of halogens is 3. The molecule has 3 heterocycles. The molecule has 0 spiro atoms. The van der Waals surface area contributed by atoms with Crippen molar-refractivity contribution in [3.05, 3.63) is 89.5 Å². The second-order valence-corrected chi connectivity index (χ2v) is 18.4. The number of rotatable bonds is 9. The molecule has 238 valence electrons. The number of fused-ring (bicyclic) bond motifs is 1. The van der Waals surface area contributed by atoms with E-state index < -0.39 is 20.2 Å². The second-order valence-electron chi connectivity index (χ2n) is 13.6. The van der Waals surface area contributed by atoms with E-state index in [1.807, 2.05) is 42.6 Å². The first-order valence-corrected chi connectivity index (χ1v) is 18.2. The monoisotopic (exact) mass is 633 g/mol. The lowest BCUT2D eigenvalue weighted by Gasteiger charge is -2.36. The van der Waals surface area contributed by atoms with Crippen molar-refractivity contribution < 1.29 is 17.6 Å². The van der Waals surface area contributed by atoms with Gasteiger partial charge in [0.25, 0.3) is 0 Å². The molecule has 0 radical (unpaired) electrons. The van der Waals surface area contributed by atoms with Crippen LogP contribution in [0.1, 0.15) is 62.9 Å². The maximum absolute atomic E-state index is 13.2. The highest BCUT2D eigenvalue weighted by Gasteiger charge is 2.37. The molecule has 0 saturated heterocycles. The molecule has 2 aromatic carbocycles. The summed E-state index contributed by atoms with van der Waals surface area (Å²) in [6.45, 7) is 16.8. The molecular weight excluding hydrogens is 591 g/mol. The van der Waals surface area contributed by atoms with Gasteiger partial charge in [-0.2, -0.15) is 13.2 Å². The largest absolute Gasteiger partial charge is 0.434 e. The summed E-state index contributed by atoms with van der Waals surface area (Å²) in [5.41, 5.74) is 5.83.